The number of ether oxygens (including phenoxy) is 1. The fourth-order valence-corrected chi connectivity index (χ4v) is 1.87. The maximum Gasteiger partial charge on any atom is 0.221 e. The fraction of sp³-hybridized carbons (Fsp3) is 0.909. The lowest BCUT2D eigenvalue weighted by Gasteiger charge is -2.29. The van der Waals surface area contributed by atoms with Gasteiger partial charge in [-0.1, -0.05) is 19.8 Å². The van der Waals surface area contributed by atoms with E-state index in [0.717, 1.165) is 52.1 Å². The highest BCUT2D eigenvalue weighted by Gasteiger charge is 2.20. The van der Waals surface area contributed by atoms with E-state index in [-0.39, 0.29) is 11.8 Å². The minimum Gasteiger partial charge on any atom is -0.379 e. The van der Waals surface area contributed by atoms with Crippen LogP contribution in [0.1, 0.15) is 26.2 Å². The molecule has 1 heterocycles. The average molecular weight is 214 g/mol. The molecule has 0 radical (unpaired) electrons. The van der Waals surface area contributed by atoms with Gasteiger partial charge >= 0.3 is 0 Å². The van der Waals surface area contributed by atoms with Gasteiger partial charge in [-0.15, -0.1) is 0 Å². The Morgan fingerprint density at radius 2 is 2.13 bits per heavy atom. The van der Waals surface area contributed by atoms with Crippen molar-refractivity contribution in [2.75, 3.05) is 32.8 Å². The molecule has 1 saturated heterocycles. The Kier molecular flexibility index (Phi) is 5.65. The standard InChI is InChI=1S/C11H22N2O2/c1-2-3-4-10(11(12)14)9-13-5-7-15-8-6-13/h10H,2-9H2,1H3,(H2,12,14). The number of unbranched alkanes of at least 4 members (excludes halogenated alkanes) is 1. The molecule has 0 aromatic heterocycles. The first-order valence-electron chi connectivity index (χ1n) is 5.83. The van der Waals surface area contributed by atoms with Crippen molar-refractivity contribution in [3.05, 3.63) is 0 Å². The predicted molar refractivity (Wildman–Crippen MR) is 59.5 cm³/mol. The van der Waals surface area contributed by atoms with Crippen LogP contribution in [0.4, 0.5) is 0 Å². The molecule has 1 fully saturated rings. The van der Waals surface area contributed by atoms with Gasteiger partial charge in [0.15, 0.2) is 0 Å². The van der Waals surface area contributed by atoms with Crippen molar-refractivity contribution in [2.45, 2.75) is 26.2 Å². The molecular weight excluding hydrogens is 192 g/mol. The fourth-order valence-electron chi connectivity index (χ4n) is 1.87. The molecule has 0 bridgehead atoms. The SMILES string of the molecule is CCCCC(CN1CCOCC1)C(N)=O. The van der Waals surface area contributed by atoms with E-state index in [9.17, 15) is 4.79 Å². The number of carbonyl (C=O) groups is 1. The maximum absolute atomic E-state index is 11.2. The van der Waals surface area contributed by atoms with Crippen molar-refractivity contribution in [3.8, 4) is 0 Å². The van der Waals surface area contributed by atoms with Crippen LogP contribution in [0.2, 0.25) is 0 Å². The Hall–Kier alpha value is -0.610. The highest BCUT2D eigenvalue weighted by Crippen LogP contribution is 2.11. The van der Waals surface area contributed by atoms with Crippen molar-refractivity contribution < 1.29 is 9.53 Å². The van der Waals surface area contributed by atoms with Gasteiger partial charge in [0.2, 0.25) is 5.91 Å². The number of amides is 1. The molecular formula is C11H22N2O2. The van der Waals surface area contributed by atoms with Crippen LogP contribution in [0.5, 0.6) is 0 Å². The van der Waals surface area contributed by atoms with Gasteiger partial charge in [0.1, 0.15) is 0 Å². The van der Waals surface area contributed by atoms with Gasteiger partial charge in [-0.25, -0.2) is 0 Å². The van der Waals surface area contributed by atoms with E-state index >= 15 is 0 Å². The molecule has 15 heavy (non-hydrogen) atoms. The van der Waals surface area contributed by atoms with E-state index in [1.54, 1.807) is 0 Å². The Balaban J connectivity index is 2.31. The first-order chi connectivity index (χ1) is 7.24. The van der Waals surface area contributed by atoms with Crippen LogP contribution in [-0.2, 0) is 9.53 Å². The average Bonchev–Trinajstić information content (AvgIpc) is 2.25. The number of primary amides is 1. The van der Waals surface area contributed by atoms with Gasteiger partial charge in [0.05, 0.1) is 19.1 Å². The van der Waals surface area contributed by atoms with E-state index in [0.29, 0.717) is 0 Å². The smallest absolute Gasteiger partial charge is 0.221 e. The maximum atomic E-state index is 11.2. The molecule has 88 valence electrons. The molecule has 0 saturated carbocycles. The summed E-state index contributed by atoms with van der Waals surface area (Å²) in [5.74, 6) is -0.141. The summed E-state index contributed by atoms with van der Waals surface area (Å²) in [7, 11) is 0. The second-order valence-corrected chi connectivity index (χ2v) is 4.15. The monoisotopic (exact) mass is 214 g/mol. The van der Waals surface area contributed by atoms with Crippen LogP contribution in [-0.4, -0.2) is 43.7 Å². The lowest BCUT2D eigenvalue weighted by Crippen LogP contribution is -2.42. The first-order valence-corrected chi connectivity index (χ1v) is 5.83. The van der Waals surface area contributed by atoms with E-state index < -0.39 is 0 Å². The Bertz CT molecular complexity index is 191. The van der Waals surface area contributed by atoms with Crippen LogP contribution in [0.3, 0.4) is 0 Å². The molecule has 0 aliphatic carbocycles. The number of carbonyl (C=O) groups excluding carboxylic acids is 1. The van der Waals surface area contributed by atoms with E-state index in [2.05, 4.69) is 11.8 Å². The highest BCUT2D eigenvalue weighted by atomic mass is 16.5. The van der Waals surface area contributed by atoms with Gasteiger partial charge in [-0.2, -0.15) is 0 Å². The minimum atomic E-state index is -0.157. The molecule has 0 aromatic rings. The third kappa shape index (κ3) is 4.62. The lowest BCUT2D eigenvalue weighted by molar-refractivity contribution is -0.123. The quantitative estimate of drug-likeness (QED) is 0.705. The normalized spacial score (nSPS) is 20.1. The summed E-state index contributed by atoms with van der Waals surface area (Å²) in [6.45, 7) is 6.34. The summed E-state index contributed by atoms with van der Waals surface area (Å²) in [6, 6.07) is 0. The molecule has 1 atom stereocenters. The Labute approximate surface area is 91.8 Å². The zero-order chi connectivity index (χ0) is 11.1. The summed E-state index contributed by atoms with van der Waals surface area (Å²) < 4.78 is 5.27. The molecule has 0 aromatic carbocycles. The number of nitrogens with two attached hydrogens (primary N) is 1. The van der Waals surface area contributed by atoms with Crippen LogP contribution in [0, 0.1) is 5.92 Å². The van der Waals surface area contributed by atoms with E-state index in [1.807, 2.05) is 0 Å². The second-order valence-electron chi connectivity index (χ2n) is 4.15. The molecule has 2 N–H and O–H groups in total. The molecule has 1 aliphatic heterocycles. The molecule has 0 spiro atoms. The highest BCUT2D eigenvalue weighted by molar-refractivity contribution is 5.76. The zero-order valence-electron chi connectivity index (χ0n) is 9.58. The van der Waals surface area contributed by atoms with Gasteiger partial charge in [0.25, 0.3) is 0 Å². The molecule has 1 unspecified atom stereocenters. The predicted octanol–water partition coefficient (Wildman–Crippen LogP) is 0.610. The summed E-state index contributed by atoms with van der Waals surface area (Å²) in [5.41, 5.74) is 5.40. The molecule has 4 heteroatoms. The zero-order valence-corrected chi connectivity index (χ0v) is 9.58. The summed E-state index contributed by atoms with van der Waals surface area (Å²) in [4.78, 5) is 13.5. The van der Waals surface area contributed by atoms with Crippen LogP contribution in [0.25, 0.3) is 0 Å². The Morgan fingerprint density at radius 3 is 2.67 bits per heavy atom. The van der Waals surface area contributed by atoms with Crippen molar-refractivity contribution in [2.24, 2.45) is 11.7 Å². The lowest BCUT2D eigenvalue weighted by atomic mass is 10.0. The summed E-state index contributed by atoms with van der Waals surface area (Å²) in [5, 5.41) is 0. The van der Waals surface area contributed by atoms with Crippen LogP contribution >= 0.6 is 0 Å². The van der Waals surface area contributed by atoms with Gasteiger partial charge in [0, 0.05) is 19.6 Å². The minimum absolute atomic E-state index is 0.0167. The van der Waals surface area contributed by atoms with Crippen molar-refractivity contribution >= 4 is 5.91 Å². The first kappa shape index (κ1) is 12.5. The van der Waals surface area contributed by atoms with Gasteiger partial charge in [-0.05, 0) is 6.42 Å². The molecule has 4 nitrogen and oxygen atoms in total. The number of hydrogen-bond acceptors (Lipinski definition) is 3. The van der Waals surface area contributed by atoms with Crippen molar-refractivity contribution in [1.82, 2.24) is 4.90 Å². The van der Waals surface area contributed by atoms with Gasteiger partial charge < -0.3 is 10.5 Å². The molecule has 1 aliphatic rings. The van der Waals surface area contributed by atoms with Crippen molar-refractivity contribution in [1.29, 1.82) is 0 Å². The van der Waals surface area contributed by atoms with Crippen molar-refractivity contribution in [3.63, 3.8) is 0 Å². The van der Waals surface area contributed by atoms with Crippen LogP contribution < -0.4 is 5.73 Å². The van der Waals surface area contributed by atoms with Gasteiger partial charge in [-0.3, -0.25) is 9.69 Å². The number of nitrogens with zero attached hydrogens (tertiary/aromatic N) is 1. The summed E-state index contributed by atoms with van der Waals surface area (Å²) >= 11 is 0. The van der Waals surface area contributed by atoms with E-state index in [1.165, 1.54) is 0 Å². The third-order valence-electron chi connectivity index (χ3n) is 2.89. The topological polar surface area (TPSA) is 55.6 Å². The second kappa shape index (κ2) is 6.80. The number of hydrogen-bond donors (Lipinski definition) is 1. The largest absolute Gasteiger partial charge is 0.379 e. The number of rotatable bonds is 6. The Morgan fingerprint density at radius 1 is 1.47 bits per heavy atom. The van der Waals surface area contributed by atoms with E-state index in [4.69, 9.17) is 10.5 Å². The summed E-state index contributed by atoms with van der Waals surface area (Å²) in [6.07, 6.45) is 3.12. The third-order valence-corrected chi connectivity index (χ3v) is 2.89. The number of morpholine rings is 1. The molecule has 1 rings (SSSR count). The molecule has 1 amide bonds. The van der Waals surface area contributed by atoms with Crippen LogP contribution in [0.15, 0.2) is 0 Å².